The van der Waals surface area contributed by atoms with Crippen molar-refractivity contribution in [3.8, 4) is 0 Å². The quantitative estimate of drug-likeness (QED) is 0.807. The monoisotopic (exact) mass is 250 g/mol. The highest BCUT2D eigenvalue weighted by Gasteiger charge is 2.21. The molecule has 2 nitrogen and oxygen atoms in total. The molecule has 3 heteroatoms. The molecule has 1 aliphatic rings. The van der Waals surface area contributed by atoms with Crippen LogP contribution in [0.1, 0.15) is 32.3 Å². The molecule has 1 heterocycles. The second kappa shape index (κ2) is 6.19. The normalized spacial score (nSPS) is 19.5. The second-order valence-electron chi connectivity index (χ2n) is 5.29. The first-order chi connectivity index (χ1) is 8.70. The molecule has 0 bridgehead atoms. The van der Waals surface area contributed by atoms with Gasteiger partial charge in [0, 0.05) is 25.3 Å². The first-order valence-corrected chi connectivity index (χ1v) is 6.94. The Labute approximate surface area is 109 Å². The molecule has 0 spiro atoms. The van der Waals surface area contributed by atoms with Gasteiger partial charge in [0.1, 0.15) is 5.82 Å². The minimum absolute atomic E-state index is 0.140. The van der Waals surface area contributed by atoms with Gasteiger partial charge in [0.15, 0.2) is 0 Å². The summed E-state index contributed by atoms with van der Waals surface area (Å²) in [5, 5.41) is 3.36. The molecule has 0 radical (unpaired) electrons. The molecule has 0 aromatic heterocycles. The predicted molar refractivity (Wildman–Crippen MR) is 74.4 cm³/mol. The van der Waals surface area contributed by atoms with Crippen LogP contribution in [0.4, 0.5) is 10.1 Å². The average Bonchev–Trinajstić information content (AvgIpc) is 2.76. The fourth-order valence-electron chi connectivity index (χ4n) is 2.56. The van der Waals surface area contributed by atoms with E-state index in [4.69, 9.17) is 0 Å². The summed E-state index contributed by atoms with van der Waals surface area (Å²) in [6, 6.07) is 5.17. The third-order valence-corrected chi connectivity index (χ3v) is 3.55. The molecule has 1 N–H and O–H groups in total. The number of anilines is 1. The molecule has 1 saturated heterocycles. The Bertz CT molecular complexity index is 392. The average molecular weight is 250 g/mol. The lowest BCUT2D eigenvalue weighted by atomic mass is 10.1. The molecule has 0 saturated carbocycles. The Kier molecular flexibility index (Phi) is 4.59. The van der Waals surface area contributed by atoms with Crippen molar-refractivity contribution < 1.29 is 4.39 Å². The Morgan fingerprint density at radius 1 is 1.44 bits per heavy atom. The molecule has 18 heavy (non-hydrogen) atoms. The highest BCUT2D eigenvalue weighted by Crippen LogP contribution is 2.27. The van der Waals surface area contributed by atoms with Gasteiger partial charge in [-0.15, -0.1) is 0 Å². The molecule has 1 aromatic carbocycles. The first kappa shape index (κ1) is 13.3. The molecule has 1 aliphatic heterocycles. The van der Waals surface area contributed by atoms with Gasteiger partial charge in [-0.1, -0.05) is 13.8 Å². The fourth-order valence-corrected chi connectivity index (χ4v) is 2.56. The van der Waals surface area contributed by atoms with E-state index in [2.05, 4.69) is 24.1 Å². The molecular formula is C15H23FN2. The summed E-state index contributed by atoms with van der Waals surface area (Å²) in [6.07, 6.45) is 2.34. The summed E-state index contributed by atoms with van der Waals surface area (Å²) >= 11 is 0. The van der Waals surface area contributed by atoms with E-state index in [0.29, 0.717) is 0 Å². The first-order valence-electron chi connectivity index (χ1n) is 6.94. The molecule has 1 aromatic rings. The van der Waals surface area contributed by atoms with Crippen molar-refractivity contribution in [3.05, 3.63) is 29.6 Å². The smallest absolute Gasteiger partial charge is 0.123 e. The Morgan fingerprint density at radius 3 is 2.94 bits per heavy atom. The van der Waals surface area contributed by atoms with Crippen molar-refractivity contribution in [2.75, 3.05) is 24.5 Å². The van der Waals surface area contributed by atoms with Gasteiger partial charge in [0.05, 0.1) is 0 Å². The van der Waals surface area contributed by atoms with Crippen LogP contribution in [-0.2, 0) is 6.54 Å². The highest BCUT2D eigenvalue weighted by molar-refractivity contribution is 5.54. The van der Waals surface area contributed by atoms with E-state index in [9.17, 15) is 4.39 Å². The van der Waals surface area contributed by atoms with Crippen molar-refractivity contribution in [2.24, 2.45) is 5.92 Å². The maximum atomic E-state index is 13.4. The Hall–Kier alpha value is -1.09. The molecule has 1 fully saturated rings. The third kappa shape index (κ3) is 3.22. The summed E-state index contributed by atoms with van der Waals surface area (Å²) < 4.78 is 13.4. The Morgan fingerprint density at radius 2 is 2.28 bits per heavy atom. The summed E-state index contributed by atoms with van der Waals surface area (Å²) in [7, 11) is 0. The zero-order valence-corrected chi connectivity index (χ0v) is 11.4. The maximum Gasteiger partial charge on any atom is 0.123 e. The van der Waals surface area contributed by atoms with E-state index in [0.717, 1.165) is 44.1 Å². The number of benzene rings is 1. The molecule has 0 amide bonds. The van der Waals surface area contributed by atoms with Crippen LogP contribution in [0.2, 0.25) is 0 Å². The topological polar surface area (TPSA) is 15.3 Å². The summed E-state index contributed by atoms with van der Waals surface area (Å²) in [4.78, 5) is 2.38. The van der Waals surface area contributed by atoms with Crippen LogP contribution in [-0.4, -0.2) is 19.6 Å². The van der Waals surface area contributed by atoms with Gasteiger partial charge in [-0.2, -0.15) is 0 Å². The van der Waals surface area contributed by atoms with Gasteiger partial charge in [-0.05, 0) is 49.1 Å². The van der Waals surface area contributed by atoms with Crippen LogP contribution in [0.25, 0.3) is 0 Å². The molecular weight excluding hydrogens is 227 g/mol. The van der Waals surface area contributed by atoms with Crippen LogP contribution in [0.15, 0.2) is 18.2 Å². The lowest BCUT2D eigenvalue weighted by Gasteiger charge is -2.22. The van der Waals surface area contributed by atoms with Gasteiger partial charge < -0.3 is 10.2 Å². The van der Waals surface area contributed by atoms with Crippen LogP contribution < -0.4 is 10.2 Å². The summed E-state index contributed by atoms with van der Waals surface area (Å²) in [5.74, 6) is 0.603. The van der Waals surface area contributed by atoms with Crippen LogP contribution >= 0.6 is 0 Å². The lowest BCUT2D eigenvalue weighted by Crippen LogP contribution is -2.23. The number of hydrogen-bond donors (Lipinski definition) is 1. The predicted octanol–water partition coefficient (Wildman–Crippen LogP) is 3.17. The largest absolute Gasteiger partial charge is 0.371 e. The van der Waals surface area contributed by atoms with Gasteiger partial charge in [-0.3, -0.25) is 0 Å². The van der Waals surface area contributed by atoms with Crippen molar-refractivity contribution in [1.29, 1.82) is 0 Å². The van der Waals surface area contributed by atoms with Crippen molar-refractivity contribution >= 4 is 5.69 Å². The summed E-state index contributed by atoms with van der Waals surface area (Å²) in [6.45, 7) is 8.33. The van der Waals surface area contributed by atoms with E-state index >= 15 is 0 Å². The molecule has 100 valence electrons. The number of nitrogens with zero attached hydrogens (tertiary/aromatic N) is 1. The fraction of sp³-hybridized carbons (Fsp3) is 0.600. The van der Waals surface area contributed by atoms with Crippen LogP contribution in [0, 0.1) is 11.7 Å². The lowest BCUT2D eigenvalue weighted by molar-refractivity contribution is 0.618. The van der Waals surface area contributed by atoms with E-state index in [1.54, 1.807) is 12.1 Å². The van der Waals surface area contributed by atoms with E-state index < -0.39 is 0 Å². The van der Waals surface area contributed by atoms with E-state index in [1.807, 2.05) is 6.07 Å². The standard InChI is InChI=1S/C15H23FN2/c1-3-7-17-10-13-9-14(16)4-5-15(13)18-8-6-12(2)11-18/h4-5,9,12,17H,3,6-8,10-11H2,1-2H3. The minimum atomic E-state index is -0.140. The van der Waals surface area contributed by atoms with E-state index in [-0.39, 0.29) is 5.82 Å². The van der Waals surface area contributed by atoms with Gasteiger partial charge >= 0.3 is 0 Å². The van der Waals surface area contributed by atoms with E-state index in [1.165, 1.54) is 12.1 Å². The zero-order chi connectivity index (χ0) is 13.0. The summed E-state index contributed by atoms with van der Waals surface area (Å²) in [5.41, 5.74) is 2.28. The Balaban J connectivity index is 2.12. The van der Waals surface area contributed by atoms with Gasteiger partial charge in [0.25, 0.3) is 0 Å². The van der Waals surface area contributed by atoms with Crippen molar-refractivity contribution in [3.63, 3.8) is 0 Å². The molecule has 2 rings (SSSR count). The molecule has 1 unspecified atom stereocenters. The number of rotatable bonds is 5. The number of halogens is 1. The van der Waals surface area contributed by atoms with Crippen LogP contribution in [0.5, 0.6) is 0 Å². The minimum Gasteiger partial charge on any atom is -0.371 e. The SMILES string of the molecule is CCCNCc1cc(F)ccc1N1CCC(C)C1. The zero-order valence-electron chi connectivity index (χ0n) is 11.4. The number of hydrogen-bond acceptors (Lipinski definition) is 2. The molecule has 0 aliphatic carbocycles. The third-order valence-electron chi connectivity index (χ3n) is 3.55. The highest BCUT2D eigenvalue weighted by atomic mass is 19.1. The van der Waals surface area contributed by atoms with Gasteiger partial charge in [-0.25, -0.2) is 4.39 Å². The number of nitrogens with one attached hydrogen (secondary N) is 1. The van der Waals surface area contributed by atoms with Crippen molar-refractivity contribution in [1.82, 2.24) is 5.32 Å². The van der Waals surface area contributed by atoms with Gasteiger partial charge in [0.2, 0.25) is 0 Å². The second-order valence-corrected chi connectivity index (χ2v) is 5.29. The van der Waals surface area contributed by atoms with Crippen LogP contribution in [0.3, 0.4) is 0 Å². The molecule has 1 atom stereocenters. The van der Waals surface area contributed by atoms with Crippen molar-refractivity contribution in [2.45, 2.75) is 33.2 Å². The maximum absolute atomic E-state index is 13.4.